The number of nitrogens with one attached hydrogen (secondary N) is 2. The van der Waals surface area contributed by atoms with Crippen LogP contribution in [-0.4, -0.2) is 77.3 Å². The van der Waals surface area contributed by atoms with E-state index in [9.17, 15) is 39.0 Å². The molecule has 0 radical (unpaired) electrons. The maximum absolute atomic E-state index is 13.1. The Balaban J connectivity index is 1.36. The van der Waals surface area contributed by atoms with Crippen LogP contribution in [0.4, 0.5) is 11.4 Å². The second kappa shape index (κ2) is 13.2. The molecule has 0 spiro atoms. The molecule has 0 aromatic heterocycles. The number of rotatable bonds is 10. The number of amides is 4. The van der Waals surface area contributed by atoms with Gasteiger partial charge in [0.05, 0.1) is 32.3 Å². The van der Waals surface area contributed by atoms with Crippen molar-refractivity contribution < 1.29 is 39.0 Å². The SMILES string of the molecule is O=C(CCN1C(=O)/C(=C2\SC(=S)N(CCC(=O)Nc3ccccc3C(=O)O)C2=O)SC1=S)Nc1ccccc1C(=O)O. The molecule has 0 bridgehead atoms. The number of carbonyl (C=O) groups excluding carboxylic acids is 4. The van der Waals surface area contributed by atoms with E-state index in [0.29, 0.717) is 0 Å². The Morgan fingerprint density at radius 1 is 0.667 bits per heavy atom. The zero-order valence-corrected chi connectivity index (χ0v) is 24.6. The first-order valence-corrected chi connectivity index (χ1v) is 14.5. The number of carboxylic acids is 2. The van der Waals surface area contributed by atoms with Crippen molar-refractivity contribution in [3.8, 4) is 0 Å². The van der Waals surface area contributed by atoms with E-state index in [1.165, 1.54) is 46.2 Å². The Kier molecular flexibility index (Phi) is 9.72. The van der Waals surface area contributed by atoms with E-state index >= 15 is 0 Å². The van der Waals surface area contributed by atoms with E-state index < -0.39 is 35.6 Å². The smallest absolute Gasteiger partial charge is 0.337 e. The van der Waals surface area contributed by atoms with Gasteiger partial charge in [0.1, 0.15) is 8.64 Å². The summed E-state index contributed by atoms with van der Waals surface area (Å²) in [6.07, 6.45) is -0.372. The Labute approximate surface area is 257 Å². The van der Waals surface area contributed by atoms with Crippen LogP contribution >= 0.6 is 48.0 Å². The zero-order valence-electron chi connectivity index (χ0n) is 21.3. The average Bonchev–Trinajstić information content (AvgIpc) is 3.39. The van der Waals surface area contributed by atoms with Gasteiger partial charge in [0.25, 0.3) is 11.8 Å². The van der Waals surface area contributed by atoms with Crippen LogP contribution in [0.3, 0.4) is 0 Å². The summed E-state index contributed by atoms with van der Waals surface area (Å²) in [6, 6.07) is 11.8. The standard InChI is InChI=1S/C26H20N4O8S4/c31-17(27-15-7-3-1-5-13(15)23(35)36)9-11-29-21(33)19(41-25(29)39)20-22(34)30(26(40)42-20)12-10-18(32)28-16-8-4-2-6-14(16)24(37)38/h1-8H,9-12H2,(H,27,31)(H,28,32)(H,35,36)(H,37,38)/b20-19+. The highest BCUT2D eigenvalue weighted by Crippen LogP contribution is 2.42. The number of carboxylic acid groups (broad SMARTS) is 2. The minimum absolute atomic E-state index is 0.0521. The maximum Gasteiger partial charge on any atom is 0.337 e. The van der Waals surface area contributed by atoms with Gasteiger partial charge in [-0.05, 0) is 24.3 Å². The molecule has 4 N–H and O–H groups in total. The van der Waals surface area contributed by atoms with Crippen molar-refractivity contribution in [1.29, 1.82) is 0 Å². The quantitative estimate of drug-likeness (QED) is 0.220. The summed E-state index contributed by atoms with van der Waals surface area (Å²) < 4.78 is 0.269. The molecule has 0 unspecified atom stereocenters. The fraction of sp³-hybridized carbons (Fsp3) is 0.154. The van der Waals surface area contributed by atoms with Crippen molar-refractivity contribution in [2.75, 3.05) is 23.7 Å². The summed E-state index contributed by atoms with van der Waals surface area (Å²) in [6.45, 7) is -0.207. The first-order valence-electron chi connectivity index (χ1n) is 12.0. The van der Waals surface area contributed by atoms with Crippen LogP contribution in [0.25, 0.3) is 0 Å². The first kappa shape index (κ1) is 30.8. The van der Waals surface area contributed by atoms with Gasteiger partial charge in [-0.3, -0.25) is 29.0 Å². The predicted octanol–water partition coefficient (Wildman–Crippen LogP) is 3.37. The summed E-state index contributed by atoms with van der Waals surface area (Å²) >= 11 is 12.4. The third kappa shape index (κ3) is 6.84. The number of nitrogens with zero attached hydrogens (tertiary/aromatic N) is 2. The Bertz CT molecular complexity index is 1480. The number of para-hydroxylation sites is 2. The highest BCUT2D eigenvalue weighted by Gasteiger charge is 2.42. The number of hydrogen-bond donors (Lipinski definition) is 4. The van der Waals surface area contributed by atoms with Gasteiger partial charge in [0.2, 0.25) is 11.8 Å². The molecule has 42 heavy (non-hydrogen) atoms. The van der Waals surface area contributed by atoms with Crippen molar-refractivity contribution in [2.45, 2.75) is 12.8 Å². The topological polar surface area (TPSA) is 173 Å². The second-order valence-electron chi connectivity index (χ2n) is 8.61. The molecule has 0 saturated carbocycles. The lowest BCUT2D eigenvalue weighted by atomic mass is 10.1. The molecule has 216 valence electrons. The molecular formula is C26H20N4O8S4. The normalized spacial score (nSPS) is 16.7. The minimum Gasteiger partial charge on any atom is -0.478 e. The number of anilines is 2. The number of hydrogen-bond acceptors (Lipinski definition) is 10. The highest BCUT2D eigenvalue weighted by atomic mass is 32.2. The van der Waals surface area contributed by atoms with Crippen LogP contribution in [0.2, 0.25) is 0 Å². The van der Waals surface area contributed by atoms with Crippen LogP contribution < -0.4 is 10.6 Å². The van der Waals surface area contributed by atoms with E-state index in [4.69, 9.17) is 24.4 Å². The molecule has 16 heteroatoms. The summed E-state index contributed by atoms with van der Waals surface area (Å²) in [5.74, 6) is -4.63. The number of carbonyl (C=O) groups is 6. The van der Waals surface area contributed by atoms with Gasteiger partial charge in [-0.15, -0.1) is 0 Å². The molecule has 12 nitrogen and oxygen atoms in total. The number of aromatic carboxylic acids is 2. The highest BCUT2D eigenvalue weighted by molar-refractivity contribution is 8.29. The largest absolute Gasteiger partial charge is 0.478 e. The second-order valence-corrected chi connectivity index (χ2v) is 11.9. The van der Waals surface area contributed by atoms with Gasteiger partial charge < -0.3 is 20.8 Å². The molecule has 2 fully saturated rings. The molecule has 2 saturated heterocycles. The zero-order chi connectivity index (χ0) is 30.6. The van der Waals surface area contributed by atoms with Crippen molar-refractivity contribution in [1.82, 2.24) is 9.80 Å². The molecule has 0 aliphatic carbocycles. The van der Waals surface area contributed by atoms with E-state index in [1.807, 2.05) is 0 Å². The monoisotopic (exact) mass is 644 g/mol. The first-order chi connectivity index (χ1) is 20.0. The molecule has 4 amide bonds. The lowest BCUT2D eigenvalue weighted by molar-refractivity contribution is -0.125. The molecule has 2 aromatic rings. The van der Waals surface area contributed by atoms with Gasteiger partial charge in [-0.25, -0.2) is 9.59 Å². The fourth-order valence-corrected chi connectivity index (χ4v) is 6.64. The number of thioether (sulfide) groups is 2. The van der Waals surface area contributed by atoms with Crippen LogP contribution in [0.1, 0.15) is 33.6 Å². The summed E-state index contributed by atoms with van der Waals surface area (Å²) in [5, 5.41) is 23.6. The summed E-state index contributed by atoms with van der Waals surface area (Å²) in [7, 11) is 0. The lowest BCUT2D eigenvalue weighted by Gasteiger charge is -2.15. The van der Waals surface area contributed by atoms with Gasteiger partial charge in [-0.2, -0.15) is 0 Å². The van der Waals surface area contributed by atoms with Crippen molar-refractivity contribution in [3.63, 3.8) is 0 Å². The van der Waals surface area contributed by atoms with E-state index in [2.05, 4.69) is 10.6 Å². The van der Waals surface area contributed by atoms with Crippen molar-refractivity contribution in [2.24, 2.45) is 0 Å². The Morgan fingerprint density at radius 3 is 1.38 bits per heavy atom. The van der Waals surface area contributed by atoms with E-state index in [1.54, 1.807) is 12.1 Å². The van der Waals surface area contributed by atoms with Crippen molar-refractivity contribution >= 4 is 104 Å². The number of thiocarbonyl (C=S) groups is 2. The molecule has 0 atom stereocenters. The van der Waals surface area contributed by atoms with Crippen LogP contribution in [0.15, 0.2) is 58.3 Å². The van der Waals surface area contributed by atoms with Crippen LogP contribution in [0.5, 0.6) is 0 Å². The molecule has 2 aromatic carbocycles. The molecule has 2 aliphatic rings. The van der Waals surface area contributed by atoms with Gasteiger partial charge >= 0.3 is 11.9 Å². The Morgan fingerprint density at radius 2 is 1.02 bits per heavy atom. The van der Waals surface area contributed by atoms with Crippen LogP contribution in [-0.2, 0) is 19.2 Å². The van der Waals surface area contributed by atoms with Gasteiger partial charge in [-0.1, -0.05) is 72.2 Å². The molecule has 4 rings (SSSR count). The maximum atomic E-state index is 13.1. The molecule has 2 heterocycles. The predicted molar refractivity (Wildman–Crippen MR) is 164 cm³/mol. The van der Waals surface area contributed by atoms with Gasteiger partial charge in [0, 0.05) is 25.9 Å². The Hall–Kier alpha value is -4.12. The minimum atomic E-state index is -1.20. The van der Waals surface area contributed by atoms with E-state index in [0.717, 1.165) is 23.5 Å². The summed E-state index contributed by atoms with van der Waals surface area (Å²) in [5.41, 5.74) is 0.0646. The van der Waals surface area contributed by atoms with Crippen LogP contribution in [0, 0.1) is 0 Å². The number of benzene rings is 2. The third-order valence-electron chi connectivity index (χ3n) is 5.89. The summed E-state index contributed by atoms with van der Waals surface area (Å²) in [4.78, 5) is 76.4. The molecule has 2 aliphatic heterocycles. The molecular weight excluding hydrogens is 625 g/mol. The fourth-order valence-electron chi connectivity index (χ4n) is 3.87. The average molecular weight is 645 g/mol. The third-order valence-corrected chi connectivity index (χ3v) is 8.92. The van der Waals surface area contributed by atoms with E-state index in [-0.39, 0.29) is 66.9 Å². The lowest BCUT2D eigenvalue weighted by Crippen LogP contribution is -2.33. The van der Waals surface area contributed by atoms with Crippen molar-refractivity contribution in [3.05, 3.63) is 69.5 Å². The van der Waals surface area contributed by atoms with Gasteiger partial charge in [0.15, 0.2) is 0 Å².